The van der Waals surface area contributed by atoms with Crippen molar-refractivity contribution < 1.29 is 13.6 Å². The van der Waals surface area contributed by atoms with E-state index in [4.69, 9.17) is 4.98 Å². The number of halogens is 2. The summed E-state index contributed by atoms with van der Waals surface area (Å²) < 4.78 is 27.1. The number of hydrogen-bond donors (Lipinski definition) is 1. The van der Waals surface area contributed by atoms with Crippen LogP contribution in [0.25, 0.3) is 10.2 Å². The van der Waals surface area contributed by atoms with Crippen LogP contribution in [0.2, 0.25) is 0 Å². The Labute approximate surface area is 175 Å². The normalized spacial score (nSPS) is 19.1. The van der Waals surface area contributed by atoms with Gasteiger partial charge < -0.3 is 9.88 Å². The molecule has 3 heterocycles. The van der Waals surface area contributed by atoms with Crippen LogP contribution in [0.5, 0.6) is 0 Å². The van der Waals surface area contributed by atoms with Crippen LogP contribution in [0.1, 0.15) is 58.2 Å². The molecule has 8 heteroatoms. The molecule has 1 aromatic carbocycles. The van der Waals surface area contributed by atoms with Crippen LogP contribution in [0.15, 0.2) is 23.0 Å². The molecule has 5 nitrogen and oxygen atoms in total. The Hall–Kier alpha value is -2.61. The summed E-state index contributed by atoms with van der Waals surface area (Å²) in [4.78, 5) is 37.0. The summed E-state index contributed by atoms with van der Waals surface area (Å²) in [5.41, 5.74) is 1.04. The molecule has 0 bridgehead atoms. The zero-order valence-electron chi connectivity index (χ0n) is 16.3. The number of benzene rings is 1. The van der Waals surface area contributed by atoms with Gasteiger partial charge in [-0.2, -0.15) is 0 Å². The topological polar surface area (TPSA) is 66.1 Å². The van der Waals surface area contributed by atoms with Gasteiger partial charge >= 0.3 is 0 Å². The predicted molar refractivity (Wildman–Crippen MR) is 111 cm³/mol. The number of aryl methyl sites for hydroxylation is 2. The van der Waals surface area contributed by atoms with Gasteiger partial charge in [-0.3, -0.25) is 9.59 Å². The SMILES string of the molecule is O=C(c1cc(F)cc(F)c1)N1CCC[C@@H](c2nc3sc4c(c3c(=O)[nH]2)CCCC4)C1. The molecule has 5 rings (SSSR count). The van der Waals surface area contributed by atoms with Crippen molar-refractivity contribution in [2.24, 2.45) is 0 Å². The van der Waals surface area contributed by atoms with Gasteiger partial charge in [-0.05, 0) is 56.2 Å². The van der Waals surface area contributed by atoms with E-state index < -0.39 is 17.5 Å². The number of rotatable bonds is 2. The molecular weight excluding hydrogens is 408 g/mol. The fourth-order valence-corrected chi connectivity index (χ4v) is 5.89. The average molecular weight is 429 g/mol. The molecule has 1 aliphatic heterocycles. The van der Waals surface area contributed by atoms with E-state index in [9.17, 15) is 18.4 Å². The number of carbonyl (C=O) groups is 1. The number of nitrogens with zero attached hydrogens (tertiary/aromatic N) is 2. The number of carbonyl (C=O) groups excluding carboxylic acids is 1. The quantitative estimate of drug-likeness (QED) is 0.665. The number of likely N-dealkylation sites (tertiary alicyclic amines) is 1. The zero-order valence-corrected chi connectivity index (χ0v) is 17.2. The number of piperidine rings is 1. The van der Waals surface area contributed by atoms with Crippen LogP contribution in [0, 0.1) is 11.6 Å². The fraction of sp³-hybridized carbons (Fsp3) is 0.409. The zero-order chi connectivity index (χ0) is 20.8. The Bertz CT molecular complexity index is 1180. The number of aromatic nitrogens is 2. The van der Waals surface area contributed by atoms with Crippen molar-refractivity contribution in [2.45, 2.75) is 44.4 Å². The first-order chi connectivity index (χ1) is 14.5. The van der Waals surface area contributed by atoms with Crippen LogP contribution in [0.4, 0.5) is 8.78 Å². The average Bonchev–Trinajstić information content (AvgIpc) is 3.11. The Balaban J connectivity index is 1.44. The van der Waals surface area contributed by atoms with Crippen LogP contribution in [-0.2, 0) is 12.8 Å². The highest BCUT2D eigenvalue weighted by atomic mass is 32.1. The standard InChI is InChI=1S/C22H21F2N3O2S/c23-14-8-13(9-15(24)10-14)22(29)27-7-3-4-12(11-27)19-25-20(28)18-16-5-1-2-6-17(16)30-21(18)26-19/h8-10,12H,1-7,11H2,(H,25,26,28)/t12-/m1/s1. The number of amides is 1. The fourth-order valence-electron chi connectivity index (χ4n) is 4.62. The summed E-state index contributed by atoms with van der Waals surface area (Å²) in [7, 11) is 0. The maximum absolute atomic E-state index is 13.5. The summed E-state index contributed by atoms with van der Waals surface area (Å²) in [6, 6.07) is 2.86. The number of H-pyrrole nitrogens is 1. The summed E-state index contributed by atoms with van der Waals surface area (Å²) in [5.74, 6) is -1.48. The maximum atomic E-state index is 13.5. The molecule has 0 saturated carbocycles. The predicted octanol–water partition coefficient (Wildman–Crippen LogP) is 4.16. The number of nitrogens with one attached hydrogen (secondary N) is 1. The molecule has 0 unspecified atom stereocenters. The van der Waals surface area contributed by atoms with Crippen molar-refractivity contribution in [2.75, 3.05) is 13.1 Å². The summed E-state index contributed by atoms with van der Waals surface area (Å²) in [5, 5.41) is 0.720. The molecule has 1 aliphatic carbocycles. The van der Waals surface area contributed by atoms with E-state index in [0.29, 0.717) is 18.9 Å². The molecule has 156 valence electrons. The number of aromatic amines is 1. The van der Waals surface area contributed by atoms with Gasteiger partial charge in [-0.25, -0.2) is 13.8 Å². The highest BCUT2D eigenvalue weighted by Gasteiger charge is 2.29. The first-order valence-electron chi connectivity index (χ1n) is 10.3. The van der Waals surface area contributed by atoms with E-state index in [1.807, 2.05) is 0 Å². The smallest absolute Gasteiger partial charge is 0.259 e. The molecule has 1 saturated heterocycles. The van der Waals surface area contributed by atoms with Crippen molar-refractivity contribution in [3.8, 4) is 0 Å². The summed E-state index contributed by atoms with van der Waals surface area (Å²) >= 11 is 1.60. The largest absolute Gasteiger partial charge is 0.338 e. The maximum Gasteiger partial charge on any atom is 0.259 e. The Kier molecular flexibility index (Phi) is 4.89. The first kappa shape index (κ1) is 19.4. The third-order valence-electron chi connectivity index (χ3n) is 6.05. The van der Waals surface area contributed by atoms with Gasteiger partial charge in [-0.1, -0.05) is 0 Å². The Morgan fingerprint density at radius 3 is 2.70 bits per heavy atom. The minimum absolute atomic E-state index is 0.00372. The molecule has 0 spiro atoms. The number of hydrogen-bond acceptors (Lipinski definition) is 4. The molecule has 1 atom stereocenters. The molecule has 2 aromatic heterocycles. The van der Waals surface area contributed by atoms with Gasteiger partial charge in [0.15, 0.2) is 0 Å². The minimum Gasteiger partial charge on any atom is -0.338 e. The molecule has 1 amide bonds. The van der Waals surface area contributed by atoms with Gasteiger partial charge in [-0.15, -0.1) is 11.3 Å². The second-order valence-electron chi connectivity index (χ2n) is 8.09. The van der Waals surface area contributed by atoms with Crippen molar-refractivity contribution in [3.05, 3.63) is 62.0 Å². The van der Waals surface area contributed by atoms with Crippen LogP contribution in [0.3, 0.4) is 0 Å². The lowest BCUT2D eigenvalue weighted by atomic mass is 9.95. The van der Waals surface area contributed by atoms with Crippen molar-refractivity contribution >= 4 is 27.5 Å². The van der Waals surface area contributed by atoms with Crippen LogP contribution >= 0.6 is 11.3 Å². The molecule has 1 fully saturated rings. The first-order valence-corrected chi connectivity index (χ1v) is 11.1. The van der Waals surface area contributed by atoms with Gasteiger partial charge in [0, 0.05) is 35.5 Å². The highest BCUT2D eigenvalue weighted by molar-refractivity contribution is 7.18. The third kappa shape index (κ3) is 3.43. The second-order valence-corrected chi connectivity index (χ2v) is 9.17. The summed E-state index contributed by atoms with van der Waals surface area (Å²) in [6.07, 6.45) is 5.69. The van der Waals surface area contributed by atoms with Crippen molar-refractivity contribution in [1.82, 2.24) is 14.9 Å². The second kappa shape index (κ2) is 7.58. The highest BCUT2D eigenvalue weighted by Crippen LogP contribution is 2.34. The van der Waals surface area contributed by atoms with Crippen molar-refractivity contribution in [1.29, 1.82) is 0 Å². The van der Waals surface area contributed by atoms with E-state index in [0.717, 1.165) is 72.5 Å². The third-order valence-corrected chi connectivity index (χ3v) is 7.23. The lowest BCUT2D eigenvalue weighted by Gasteiger charge is -2.32. The van der Waals surface area contributed by atoms with Crippen LogP contribution < -0.4 is 5.56 Å². The van der Waals surface area contributed by atoms with E-state index in [-0.39, 0.29) is 17.0 Å². The van der Waals surface area contributed by atoms with E-state index in [1.54, 1.807) is 16.2 Å². The van der Waals surface area contributed by atoms with E-state index in [1.165, 1.54) is 4.88 Å². The van der Waals surface area contributed by atoms with Gasteiger partial charge in [0.1, 0.15) is 22.3 Å². The van der Waals surface area contributed by atoms with Crippen LogP contribution in [-0.4, -0.2) is 33.9 Å². The van der Waals surface area contributed by atoms with Gasteiger partial charge in [0.2, 0.25) is 0 Å². The number of fused-ring (bicyclic) bond motifs is 3. The lowest BCUT2D eigenvalue weighted by molar-refractivity contribution is 0.0703. The lowest BCUT2D eigenvalue weighted by Crippen LogP contribution is -2.40. The number of thiophene rings is 1. The van der Waals surface area contributed by atoms with E-state index >= 15 is 0 Å². The molecule has 30 heavy (non-hydrogen) atoms. The molecule has 1 N–H and O–H groups in total. The molecule has 3 aromatic rings. The molecular formula is C22H21F2N3O2S. The van der Waals surface area contributed by atoms with Crippen molar-refractivity contribution in [3.63, 3.8) is 0 Å². The van der Waals surface area contributed by atoms with Gasteiger partial charge in [0.25, 0.3) is 11.5 Å². The van der Waals surface area contributed by atoms with Gasteiger partial charge in [0.05, 0.1) is 5.39 Å². The Morgan fingerprint density at radius 2 is 1.90 bits per heavy atom. The van der Waals surface area contributed by atoms with E-state index in [2.05, 4.69) is 4.98 Å². The molecule has 2 aliphatic rings. The summed E-state index contributed by atoms with van der Waals surface area (Å²) in [6.45, 7) is 0.865. The minimum atomic E-state index is -0.773. The molecule has 0 radical (unpaired) electrons. The monoisotopic (exact) mass is 429 g/mol. The Morgan fingerprint density at radius 1 is 1.13 bits per heavy atom.